The van der Waals surface area contributed by atoms with Crippen LogP contribution in [0.1, 0.15) is 29.3 Å². The van der Waals surface area contributed by atoms with Gasteiger partial charge in [0.1, 0.15) is 6.04 Å². The van der Waals surface area contributed by atoms with Gasteiger partial charge in [-0.05, 0) is 17.2 Å². The molecular weight excluding hydrogens is 368 g/mol. The van der Waals surface area contributed by atoms with Crippen LogP contribution in [0.15, 0.2) is 54.6 Å². The lowest BCUT2D eigenvalue weighted by Crippen LogP contribution is -2.48. The largest absolute Gasteiger partial charge is 0.469 e. The molecule has 0 bridgehead atoms. The average molecular weight is 392 g/mol. The average Bonchev–Trinajstić information content (AvgIpc) is 3.13. The highest BCUT2D eigenvalue weighted by Gasteiger charge is 2.41. The third kappa shape index (κ3) is 3.63. The van der Waals surface area contributed by atoms with Crippen molar-refractivity contribution >= 4 is 22.8 Å². The number of benzene rings is 2. The molecule has 6 nitrogen and oxygen atoms in total. The Bertz CT molecular complexity index is 1030. The number of para-hydroxylation sites is 1. The molecule has 0 aliphatic carbocycles. The molecule has 0 saturated heterocycles. The van der Waals surface area contributed by atoms with Crippen molar-refractivity contribution in [2.75, 3.05) is 14.2 Å². The summed E-state index contributed by atoms with van der Waals surface area (Å²) in [5.74, 6) is -0.616. The van der Waals surface area contributed by atoms with Crippen molar-refractivity contribution in [3.8, 4) is 0 Å². The maximum absolute atomic E-state index is 12.7. The number of carbonyl (C=O) groups is 2. The van der Waals surface area contributed by atoms with E-state index in [-0.39, 0.29) is 24.4 Å². The lowest BCUT2D eigenvalue weighted by molar-refractivity contribution is -0.152. The predicted molar refractivity (Wildman–Crippen MR) is 109 cm³/mol. The van der Waals surface area contributed by atoms with Crippen LogP contribution in [0.5, 0.6) is 0 Å². The minimum Gasteiger partial charge on any atom is -0.469 e. The molecule has 2 atom stereocenters. The first-order chi connectivity index (χ1) is 14.1. The van der Waals surface area contributed by atoms with Crippen molar-refractivity contribution in [3.05, 3.63) is 71.4 Å². The molecule has 3 aromatic rings. The number of fused-ring (bicyclic) bond motifs is 3. The molecule has 1 aromatic heterocycles. The van der Waals surface area contributed by atoms with Crippen LogP contribution in [0.4, 0.5) is 0 Å². The summed E-state index contributed by atoms with van der Waals surface area (Å²) in [6.07, 6.45) is 0.674. The van der Waals surface area contributed by atoms with Gasteiger partial charge in [-0.15, -0.1) is 0 Å². The van der Waals surface area contributed by atoms with Gasteiger partial charge in [-0.3, -0.25) is 14.5 Å². The number of ether oxygens (including phenoxy) is 2. The molecule has 0 radical (unpaired) electrons. The molecule has 150 valence electrons. The summed E-state index contributed by atoms with van der Waals surface area (Å²) in [6.45, 7) is 0.525. The Balaban J connectivity index is 1.84. The summed E-state index contributed by atoms with van der Waals surface area (Å²) in [5, 5.41) is 1.07. The topological polar surface area (TPSA) is 71.6 Å². The van der Waals surface area contributed by atoms with Crippen LogP contribution in [0.25, 0.3) is 10.9 Å². The third-order valence-corrected chi connectivity index (χ3v) is 5.65. The van der Waals surface area contributed by atoms with Crippen LogP contribution in [-0.4, -0.2) is 42.1 Å². The van der Waals surface area contributed by atoms with E-state index in [1.807, 2.05) is 54.6 Å². The Morgan fingerprint density at radius 3 is 2.48 bits per heavy atom. The summed E-state index contributed by atoms with van der Waals surface area (Å²) in [7, 11) is 2.79. The molecule has 0 fully saturated rings. The summed E-state index contributed by atoms with van der Waals surface area (Å²) in [5.41, 5.74) is 4.09. The standard InChI is InChI=1S/C23H24N2O4/c1-28-21(26)13-19-22-17(16-10-6-7-11-18(16)24-22)12-20(23(27)29-2)25(19)14-15-8-4-3-5-9-15/h3-11,19-20,24H,12-14H2,1-2H3/t19-,20+/m1/s1. The van der Waals surface area contributed by atoms with E-state index in [0.29, 0.717) is 13.0 Å². The van der Waals surface area contributed by atoms with Crippen LogP contribution in [0.2, 0.25) is 0 Å². The first-order valence-corrected chi connectivity index (χ1v) is 9.66. The molecule has 2 aromatic carbocycles. The lowest BCUT2D eigenvalue weighted by atomic mass is 9.89. The molecule has 0 amide bonds. The lowest BCUT2D eigenvalue weighted by Gasteiger charge is -2.40. The van der Waals surface area contributed by atoms with E-state index in [2.05, 4.69) is 9.88 Å². The summed E-state index contributed by atoms with van der Waals surface area (Å²) in [4.78, 5) is 30.6. The predicted octanol–water partition coefficient (Wildman–Crippen LogP) is 3.37. The summed E-state index contributed by atoms with van der Waals surface area (Å²) >= 11 is 0. The number of nitrogens with one attached hydrogen (secondary N) is 1. The number of aromatic amines is 1. The van der Waals surface area contributed by atoms with E-state index in [4.69, 9.17) is 9.47 Å². The van der Waals surface area contributed by atoms with Gasteiger partial charge in [0.05, 0.1) is 26.7 Å². The van der Waals surface area contributed by atoms with Crippen molar-refractivity contribution in [2.45, 2.75) is 31.5 Å². The van der Waals surface area contributed by atoms with E-state index in [1.165, 1.54) is 14.2 Å². The number of hydrogen-bond acceptors (Lipinski definition) is 5. The second-order valence-electron chi connectivity index (χ2n) is 7.26. The highest BCUT2D eigenvalue weighted by atomic mass is 16.5. The molecule has 29 heavy (non-hydrogen) atoms. The first-order valence-electron chi connectivity index (χ1n) is 9.66. The number of hydrogen-bond donors (Lipinski definition) is 1. The van der Waals surface area contributed by atoms with E-state index < -0.39 is 6.04 Å². The van der Waals surface area contributed by atoms with Crippen LogP contribution >= 0.6 is 0 Å². The van der Waals surface area contributed by atoms with Gasteiger partial charge in [-0.25, -0.2) is 0 Å². The number of aromatic nitrogens is 1. The van der Waals surface area contributed by atoms with Gasteiger partial charge in [0, 0.05) is 29.6 Å². The van der Waals surface area contributed by atoms with Crippen molar-refractivity contribution < 1.29 is 19.1 Å². The van der Waals surface area contributed by atoms with Crippen molar-refractivity contribution in [1.29, 1.82) is 0 Å². The Morgan fingerprint density at radius 2 is 1.76 bits per heavy atom. The Labute approximate surface area is 169 Å². The number of H-pyrrole nitrogens is 1. The van der Waals surface area contributed by atoms with Crippen LogP contribution in [0, 0.1) is 0 Å². The van der Waals surface area contributed by atoms with Gasteiger partial charge in [0.15, 0.2) is 0 Å². The molecule has 2 heterocycles. The van der Waals surface area contributed by atoms with E-state index in [9.17, 15) is 9.59 Å². The smallest absolute Gasteiger partial charge is 0.323 e. The van der Waals surface area contributed by atoms with Gasteiger partial charge in [-0.2, -0.15) is 0 Å². The van der Waals surface area contributed by atoms with Crippen molar-refractivity contribution in [1.82, 2.24) is 9.88 Å². The number of nitrogens with zero attached hydrogens (tertiary/aromatic N) is 1. The first kappa shape index (κ1) is 19.2. The molecule has 0 saturated carbocycles. The number of esters is 2. The Morgan fingerprint density at radius 1 is 1.03 bits per heavy atom. The highest BCUT2D eigenvalue weighted by molar-refractivity contribution is 5.87. The van der Waals surface area contributed by atoms with Gasteiger partial charge in [0.2, 0.25) is 0 Å². The van der Waals surface area contributed by atoms with Gasteiger partial charge >= 0.3 is 11.9 Å². The third-order valence-electron chi connectivity index (χ3n) is 5.65. The molecular formula is C23H24N2O4. The van der Waals surface area contributed by atoms with Crippen molar-refractivity contribution in [2.24, 2.45) is 0 Å². The highest BCUT2D eigenvalue weighted by Crippen LogP contribution is 2.40. The second kappa shape index (κ2) is 8.09. The molecule has 0 spiro atoms. The number of carbonyl (C=O) groups excluding carboxylic acids is 2. The number of methoxy groups -OCH3 is 2. The van der Waals surface area contributed by atoms with Gasteiger partial charge in [-0.1, -0.05) is 48.5 Å². The molecule has 4 rings (SSSR count). The zero-order chi connectivity index (χ0) is 20.4. The molecule has 1 N–H and O–H groups in total. The van der Waals surface area contributed by atoms with Crippen LogP contribution < -0.4 is 0 Å². The van der Waals surface area contributed by atoms with E-state index >= 15 is 0 Å². The minimum atomic E-state index is -0.485. The number of rotatable bonds is 5. The minimum absolute atomic E-state index is 0.149. The SMILES string of the molecule is COC(=O)C[C@@H]1c2[nH]c3ccccc3c2C[C@@H](C(=O)OC)N1Cc1ccccc1. The second-order valence-corrected chi connectivity index (χ2v) is 7.26. The summed E-state index contributed by atoms with van der Waals surface area (Å²) in [6, 6.07) is 17.1. The zero-order valence-electron chi connectivity index (χ0n) is 16.6. The molecule has 6 heteroatoms. The van der Waals surface area contributed by atoms with Crippen LogP contribution in [0.3, 0.4) is 0 Å². The maximum Gasteiger partial charge on any atom is 0.323 e. The van der Waals surface area contributed by atoms with Gasteiger partial charge in [0.25, 0.3) is 0 Å². The summed E-state index contributed by atoms with van der Waals surface area (Å²) < 4.78 is 10.1. The fourth-order valence-corrected chi connectivity index (χ4v) is 4.25. The van der Waals surface area contributed by atoms with Crippen LogP contribution in [-0.2, 0) is 32.0 Å². The maximum atomic E-state index is 12.7. The Kier molecular flexibility index (Phi) is 5.36. The fraction of sp³-hybridized carbons (Fsp3) is 0.304. The van der Waals surface area contributed by atoms with Crippen molar-refractivity contribution in [3.63, 3.8) is 0 Å². The normalized spacial score (nSPS) is 19.0. The fourth-order valence-electron chi connectivity index (χ4n) is 4.25. The Hall–Kier alpha value is -3.12. The quantitative estimate of drug-likeness (QED) is 0.674. The molecule has 0 unspecified atom stereocenters. The monoisotopic (exact) mass is 392 g/mol. The molecule has 1 aliphatic heterocycles. The van der Waals surface area contributed by atoms with E-state index in [1.54, 1.807) is 0 Å². The van der Waals surface area contributed by atoms with Gasteiger partial charge < -0.3 is 14.5 Å². The zero-order valence-corrected chi connectivity index (χ0v) is 16.6. The van der Waals surface area contributed by atoms with E-state index in [0.717, 1.165) is 27.7 Å². The molecule has 1 aliphatic rings.